The Balaban J connectivity index is 2.33. The Bertz CT molecular complexity index is 300. The molecule has 0 spiro atoms. The van der Waals surface area contributed by atoms with Crippen LogP contribution < -0.4 is 0 Å². The average molecular weight is 317 g/mol. The van der Waals surface area contributed by atoms with E-state index in [0.29, 0.717) is 12.5 Å². The van der Waals surface area contributed by atoms with Gasteiger partial charge in [-0.1, -0.05) is 35.0 Å². The van der Waals surface area contributed by atoms with Crippen molar-refractivity contribution in [3.8, 4) is 0 Å². The van der Waals surface area contributed by atoms with Gasteiger partial charge in [0.15, 0.2) is 0 Å². The maximum absolute atomic E-state index is 9.38. The molecule has 0 aliphatic heterocycles. The first-order valence-electron chi connectivity index (χ1n) is 6.19. The molecule has 0 amide bonds. The van der Waals surface area contributed by atoms with E-state index in [-0.39, 0.29) is 0 Å². The van der Waals surface area contributed by atoms with Gasteiger partial charge in [-0.3, -0.25) is 0 Å². The second-order valence-corrected chi connectivity index (χ2v) is 6.53. The summed E-state index contributed by atoms with van der Waals surface area (Å²) in [6.07, 6.45) is 3.32. The van der Waals surface area contributed by atoms with Crippen molar-refractivity contribution >= 4 is 27.7 Å². The van der Waals surface area contributed by atoms with Crippen molar-refractivity contribution in [1.29, 1.82) is 0 Å². The summed E-state index contributed by atoms with van der Waals surface area (Å²) in [7, 11) is 0. The molecule has 1 atom stereocenters. The van der Waals surface area contributed by atoms with Crippen LogP contribution in [0.1, 0.15) is 25.3 Å². The molecule has 0 saturated carbocycles. The topological polar surface area (TPSA) is 20.2 Å². The number of thioether (sulfide) groups is 1. The van der Waals surface area contributed by atoms with Gasteiger partial charge in [-0.15, -0.1) is 0 Å². The molecular formula is C14H21BrOS. The van der Waals surface area contributed by atoms with Crippen molar-refractivity contribution in [2.75, 3.05) is 18.1 Å². The van der Waals surface area contributed by atoms with Crippen LogP contribution in [0.15, 0.2) is 28.7 Å². The number of halogens is 1. The van der Waals surface area contributed by atoms with Crippen LogP contribution in [-0.4, -0.2) is 23.2 Å². The molecule has 0 radical (unpaired) electrons. The van der Waals surface area contributed by atoms with E-state index in [1.54, 1.807) is 0 Å². The number of aliphatic hydroxyl groups excluding tert-OH is 1. The first kappa shape index (κ1) is 15.1. The second kappa shape index (κ2) is 9.01. The first-order chi connectivity index (χ1) is 8.26. The summed E-state index contributed by atoms with van der Waals surface area (Å²) in [5, 5.41) is 9.38. The minimum absolute atomic E-state index is 0.298. The van der Waals surface area contributed by atoms with Crippen LogP contribution in [-0.2, 0) is 6.42 Å². The van der Waals surface area contributed by atoms with Gasteiger partial charge in [-0.05, 0) is 54.4 Å². The number of hydrogen-bond acceptors (Lipinski definition) is 2. The average Bonchev–Trinajstić information content (AvgIpc) is 2.35. The highest BCUT2D eigenvalue weighted by Gasteiger charge is 2.08. The van der Waals surface area contributed by atoms with Gasteiger partial charge in [-0.25, -0.2) is 0 Å². The van der Waals surface area contributed by atoms with Gasteiger partial charge in [0.05, 0.1) is 0 Å². The molecule has 1 aromatic carbocycles. The minimum Gasteiger partial charge on any atom is -0.396 e. The Morgan fingerprint density at radius 3 is 2.59 bits per heavy atom. The predicted octanol–water partition coefficient (Wildman–Crippen LogP) is 4.13. The molecule has 1 aromatic rings. The Kier molecular flexibility index (Phi) is 7.99. The fourth-order valence-electron chi connectivity index (χ4n) is 1.83. The fourth-order valence-corrected chi connectivity index (χ4v) is 2.75. The van der Waals surface area contributed by atoms with Crippen molar-refractivity contribution < 1.29 is 5.11 Å². The van der Waals surface area contributed by atoms with Gasteiger partial charge in [0.25, 0.3) is 0 Å². The number of aliphatic hydroxyl groups is 1. The summed E-state index contributed by atoms with van der Waals surface area (Å²) >= 11 is 5.42. The zero-order valence-corrected chi connectivity index (χ0v) is 12.8. The summed E-state index contributed by atoms with van der Waals surface area (Å²) in [5.41, 5.74) is 1.32. The van der Waals surface area contributed by atoms with Gasteiger partial charge in [0.1, 0.15) is 0 Å². The van der Waals surface area contributed by atoms with Gasteiger partial charge in [0.2, 0.25) is 0 Å². The van der Waals surface area contributed by atoms with Crippen LogP contribution in [0, 0.1) is 5.92 Å². The molecule has 0 bridgehead atoms. The molecule has 0 heterocycles. The summed E-state index contributed by atoms with van der Waals surface area (Å²) in [6, 6.07) is 8.40. The van der Waals surface area contributed by atoms with Crippen LogP contribution in [0.3, 0.4) is 0 Å². The maximum atomic E-state index is 9.38. The Morgan fingerprint density at radius 1 is 1.29 bits per heavy atom. The van der Waals surface area contributed by atoms with Gasteiger partial charge in [0, 0.05) is 11.1 Å². The lowest BCUT2D eigenvalue weighted by atomic mass is 9.96. The summed E-state index contributed by atoms with van der Waals surface area (Å²) in [4.78, 5) is 0. The summed E-state index contributed by atoms with van der Waals surface area (Å²) < 4.78 is 1.11. The quantitative estimate of drug-likeness (QED) is 0.727. The molecule has 0 saturated heterocycles. The zero-order valence-electron chi connectivity index (χ0n) is 10.4. The van der Waals surface area contributed by atoms with E-state index in [1.807, 2.05) is 11.8 Å². The van der Waals surface area contributed by atoms with Crippen LogP contribution >= 0.6 is 27.7 Å². The molecule has 1 nitrogen and oxygen atoms in total. The third kappa shape index (κ3) is 6.49. The molecule has 17 heavy (non-hydrogen) atoms. The third-order valence-corrected chi connectivity index (χ3v) is 4.32. The lowest BCUT2D eigenvalue weighted by Crippen LogP contribution is -2.10. The molecule has 1 unspecified atom stereocenters. The standard InChI is InChI=1S/C14H21BrOS/c1-2-17-9-3-4-13(11-16)10-12-5-7-14(15)8-6-12/h5-8,13,16H,2-4,9-11H2,1H3. The van der Waals surface area contributed by atoms with Gasteiger partial charge < -0.3 is 5.11 Å². The third-order valence-electron chi connectivity index (χ3n) is 2.80. The molecule has 1 N–H and O–H groups in total. The normalized spacial score (nSPS) is 12.6. The monoisotopic (exact) mass is 316 g/mol. The molecule has 3 heteroatoms. The fraction of sp³-hybridized carbons (Fsp3) is 0.571. The van der Waals surface area contributed by atoms with Crippen LogP contribution in [0.2, 0.25) is 0 Å². The van der Waals surface area contributed by atoms with Gasteiger partial charge >= 0.3 is 0 Å². The number of rotatable bonds is 8. The lowest BCUT2D eigenvalue weighted by Gasteiger charge is -2.14. The van der Waals surface area contributed by atoms with E-state index in [2.05, 4.69) is 47.1 Å². The Morgan fingerprint density at radius 2 is 2.00 bits per heavy atom. The number of hydrogen-bond donors (Lipinski definition) is 1. The molecular weight excluding hydrogens is 296 g/mol. The molecule has 0 aliphatic rings. The van der Waals surface area contributed by atoms with E-state index >= 15 is 0 Å². The highest BCUT2D eigenvalue weighted by Crippen LogP contribution is 2.17. The highest BCUT2D eigenvalue weighted by atomic mass is 79.9. The van der Waals surface area contributed by atoms with Crippen molar-refractivity contribution in [1.82, 2.24) is 0 Å². The second-order valence-electron chi connectivity index (χ2n) is 4.22. The van der Waals surface area contributed by atoms with Crippen molar-refractivity contribution in [3.05, 3.63) is 34.3 Å². The molecule has 96 valence electrons. The Hall–Kier alpha value is 0.01000. The van der Waals surface area contributed by atoms with E-state index in [9.17, 15) is 5.11 Å². The number of benzene rings is 1. The SMILES string of the molecule is CCSCCCC(CO)Cc1ccc(Br)cc1. The van der Waals surface area contributed by atoms with Crippen molar-refractivity contribution in [2.45, 2.75) is 26.2 Å². The molecule has 1 rings (SSSR count). The molecule has 0 aromatic heterocycles. The first-order valence-corrected chi connectivity index (χ1v) is 8.14. The van der Waals surface area contributed by atoms with E-state index in [0.717, 1.165) is 17.3 Å². The maximum Gasteiger partial charge on any atom is 0.0462 e. The van der Waals surface area contributed by atoms with Crippen LogP contribution in [0.25, 0.3) is 0 Å². The van der Waals surface area contributed by atoms with E-state index < -0.39 is 0 Å². The van der Waals surface area contributed by atoms with Crippen LogP contribution in [0.4, 0.5) is 0 Å². The largest absolute Gasteiger partial charge is 0.396 e. The smallest absolute Gasteiger partial charge is 0.0462 e. The summed E-state index contributed by atoms with van der Waals surface area (Å²) in [5.74, 6) is 2.82. The molecule has 0 aliphatic carbocycles. The van der Waals surface area contributed by atoms with E-state index in [1.165, 1.54) is 23.5 Å². The Labute approximate surface area is 117 Å². The van der Waals surface area contributed by atoms with Crippen LogP contribution in [0.5, 0.6) is 0 Å². The van der Waals surface area contributed by atoms with Crippen molar-refractivity contribution in [2.24, 2.45) is 5.92 Å². The summed E-state index contributed by atoms with van der Waals surface area (Å²) in [6.45, 7) is 2.49. The van der Waals surface area contributed by atoms with Gasteiger partial charge in [-0.2, -0.15) is 11.8 Å². The zero-order chi connectivity index (χ0) is 12.5. The van der Waals surface area contributed by atoms with Crippen molar-refractivity contribution in [3.63, 3.8) is 0 Å². The molecule has 0 fully saturated rings. The minimum atomic E-state index is 0.298. The predicted molar refractivity (Wildman–Crippen MR) is 80.7 cm³/mol. The van der Waals surface area contributed by atoms with E-state index in [4.69, 9.17) is 0 Å². The lowest BCUT2D eigenvalue weighted by molar-refractivity contribution is 0.217. The highest BCUT2D eigenvalue weighted by molar-refractivity contribution is 9.10.